The summed E-state index contributed by atoms with van der Waals surface area (Å²) in [5.41, 5.74) is 1.90. The summed E-state index contributed by atoms with van der Waals surface area (Å²) < 4.78 is 5.37. The molecular weight excluding hydrogens is 230 g/mol. The molecule has 0 unspecified atom stereocenters. The van der Waals surface area contributed by atoms with Gasteiger partial charge < -0.3 is 9.84 Å². The molecule has 2 aromatic rings. The molecule has 0 aliphatic rings. The molecular formula is C14H13NO3. The summed E-state index contributed by atoms with van der Waals surface area (Å²) in [4.78, 5) is 15.0. The average molecular weight is 243 g/mol. The van der Waals surface area contributed by atoms with Gasteiger partial charge in [-0.1, -0.05) is 12.1 Å². The second kappa shape index (κ2) is 5.31. The minimum atomic E-state index is -0.939. The lowest BCUT2D eigenvalue weighted by atomic mass is 10.0. The highest BCUT2D eigenvalue weighted by Crippen LogP contribution is 2.23. The molecule has 1 aromatic carbocycles. The molecule has 0 radical (unpaired) electrons. The average Bonchev–Trinajstić information content (AvgIpc) is 2.39. The van der Waals surface area contributed by atoms with Crippen molar-refractivity contribution < 1.29 is 14.6 Å². The molecule has 4 nitrogen and oxygen atoms in total. The highest BCUT2D eigenvalue weighted by molar-refractivity contribution is 5.89. The lowest BCUT2D eigenvalue weighted by molar-refractivity contribution is 0.0697. The first-order valence-corrected chi connectivity index (χ1v) is 5.62. The van der Waals surface area contributed by atoms with Crippen LogP contribution in [0.25, 0.3) is 11.1 Å². The summed E-state index contributed by atoms with van der Waals surface area (Å²) in [7, 11) is 0. The van der Waals surface area contributed by atoms with Gasteiger partial charge in [0.15, 0.2) is 0 Å². The summed E-state index contributed by atoms with van der Waals surface area (Å²) in [5.74, 6) is -0.262. The quantitative estimate of drug-likeness (QED) is 0.897. The van der Waals surface area contributed by atoms with Crippen LogP contribution in [0.3, 0.4) is 0 Å². The number of aromatic nitrogens is 1. The number of hydrogen-bond acceptors (Lipinski definition) is 3. The maximum atomic E-state index is 10.9. The van der Waals surface area contributed by atoms with E-state index in [1.54, 1.807) is 30.6 Å². The Bertz CT molecular complexity index is 566. The predicted molar refractivity (Wildman–Crippen MR) is 67.8 cm³/mol. The van der Waals surface area contributed by atoms with Crippen LogP contribution in [-0.4, -0.2) is 22.7 Å². The van der Waals surface area contributed by atoms with Crippen molar-refractivity contribution in [2.24, 2.45) is 0 Å². The van der Waals surface area contributed by atoms with E-state index in [1.165, 1.54) is 0 Å². The minimum Gasteiger partial charge on any atom is -0.492 e. The van der Waals surface area contributed by atoms with Gasteiger partial charge in [-0.15, -0.1) is 0 Å². The fourth-order valence-corrected chi connectivity index (χ4v) is 1.65. The molecule has 0 amide bonds. The third-order valence-electron chi connectivity index (χ3n) is 2.47. The Morgan fingerprint density at radius 3 is 2.83 bits per heavy atom. The molecule has 1 heterocycles. The fraction of sp³-hybridized carbons (Fsp3) is 0.143. The first kappa shape index (κ1) is 12.1. The van der Waals surface area contributed by atoms with E-state index in [-0.39, 0.29) is 5.56 Å². The maximum Gasteiger partial charge on any atom is 0.335 e. The summed E-state index contributed by atoms with van der Waals surface area (Å²) in [5, 5.41) is 8.95. The monoisotopic (exact) mass is 243 g/mol. The Kier molecular flexibility index (Phi) is 3.57. The van der Waals surface area contributed by atoms with Crippen molar-refractivity contribution >= 4 is 5.97 Å². The van der Waals surface area contributed by atoms with Gasteiger partial charge in [0.25, 0.3) is 0 Å². The van der Waals surface area contributed by atoms with Gasteiger partial charge in [0, 0.05) is 11.8 Å². The fourth-order valence-electron chi connectivity index (χ4n) is 1.65. The topological polar surface area (TPSA) is 59.4 Å². The molecule has 92 valence electrons. The second-order valence-electron chi connectivity index (χ2n) is 3.73. The van der Waals surface area contributed by atoms with Gasteiger partial charge in [-0.05, 0) is 30.7 Å². The van der Waals surface area contributed by atoms with E-state index in [1.807, 2.05) is 19.1 Å². The number of nitrogens with zero attached hydrogens (tertiary/aromatic N) is 1. The lowest BCUT2D eigenvalue weighted by Gasteiger charge is -2.06. The summed E-state index contributed by atoms with van der Waals surface area (Å²) in [6.07, 6.45) is 3.32. The van der Waals surface area contributed by atoms with Gasteiger partial charge in [0.05, 0.1) is 18.4 Å². The van der Waals surface area contributed by atoms with Crippen LogP contribution in [0.4, 0.5) is 0 Å². The second-order valence-corrected chi connectivity index (χ2v) is 3.73. The number of carboxylic acids is 1. The van der Waals surface area contributed by atoms with Crippen LogP contribution >= 0.6 is 0 Å². The Labute approximate surface area is 105 Å². The molecule has 1 N–H and O–H groups in total. The molecule has 4 heteroatoms. The van der Waals surface area contributed by atoms with Crippen LogP contribution in [0.5, 0.6) is 5.75 Å². The number of ether oxygens (including phenoxy) is 1. The van der Waals surface area contributed by atoms with Crippen LogP contribution in [0.15, 0.2) is 42.7 Å². The van der Waals surface area contributed by atoms with Crippen LogP contribution in [0.1, 0.15) is 17.3 Å². The van der Waals surface area contributed by atoms with Crippen molar-refractivity contribution in [3.05, 3.63) is 48.3 Å². The first-order chi connectivity index (χ1) is 8.70. The van der Waals surface area contributed by atoms with Crippen LogP contribution in [0.2, 0.25) is 0 Å². The number of hydrogen-bond donors (Lipinski definition) is 1. The Morgan fingerprint density at radius 1 is 1.28 bits per heavy atom. The molecule has 1 aromatic heterocycles. The third kappa shape index (κ3) is 2.66. The summed E-state index contributed by atoms with van der Waals surface area (Å²) in [6.45, 7) is 2.47. The van der Waals surface area contributed by atoms with E-state index in [0.717, 1.165) is 11.1 Å². The molecule has 0 spiro atoms. The zero-order valence-corrected chi connectivity index (χ0v) is 9.96. The predicted octanol–water partition coefficient (Wildman–Crippen LogP) is 2.85. The van der Waals surface area contributed by atoms with Crippen molar-refractivity contribution in [1.29, 1.82) is 0 Å². The van der Waals surface area contributed by atoms with E-state index in [9.17, 15) is 4.79 Å². The number of rotatable bonds is 4. The summed E-state index contributed by atoms with van der Waals surface area (Å²) >= 11 is 0. The molecule has 0 bridgehead atoms. The van der Waals surface area contributed by atoms with E-state index < -0.39 is 5.97 Å². The Balaban J connectivity index is 2.38. The number of carboxylic acid groups (broad SMARTS) is 1. The van der Waals surface area contributed by atoms with Crippen LogP contribution in [0, 0.1) is 0 Å². The molecule has 0 saturated carbocycles. The van der Waals surface area contributed by atoms with E-state index >= 15 is 0 Å². The Morgan fingerprint density at radius 2 is 2.11 bits per heavy atom. The van der Waals surface area contributed by atoms with E-state index in [0.29, 0.717) is 12.4 Å². The summed E-state index contributed by atoms with van der Waals surface area (Å²) in [6, 6.07) is 8.59. The highest BCUT2D eigenvalue weighted by Gasteiger charge is 2.05. The van der Waals surface area contributed by atoms with Gasteiger partial charge in [0.2, 0.25) is 0 Å². The third-order valence-corrected chi connectivity index (χ3v) is 2.47. The van der Waals surface area contributed by atoms with Crippen molar-refractivity contribution in [3.8, 4) is 16.9 Å². The molecule has 0 atom stereocenters. The van der Waals surface area contributed by atoms with E-state index in [2.05, 4.69) is 4.98 Å². The van der Waals surface area contributed by atoms with Crippen LogP contribution in [-0.2, 0) is 0 Å². The zero-order valence-electron chi connectivity index (χ0n) is 9.96. The number of carbonyl (C=O) groups is 1. The van der Waals surface area contributed by atoms with Gasteiger partial charge in [-0.3, -0.25) is 4.98 Å². The first-order valence-electron chi connectivity index (χ1n) is 5.62. The molecule has 0 saturated heterocycles. The van der Waals surface area contributed by atoms with Crippen LogP contribution < -0.4 is 4.74 Å². The van der Waals surface area contributed by atoms with Gasteiger partial charge >= 0.3 is 5.97 Å². The normalized spacial score (nSPS) is 10.1. The van der Waals surface area contributed by atoms with Gasteiger partial charge in [-0.25, -0.2) is 4.79 Å². The van der Waals surface area contributed by atoms with Crippen molar-refractivity contribution in [2.45, 2.75) is 6.92 Å². The number of benzene rings is 1. The molecule has 2 rings (SSSR count). The Hall–Kier alpha value is -2.36. The minimum absolute atomic E-state index is 0.259. The SMILES string of the molecule is CCOc1cncc(-c2cccc(C(=O)O)c2)c1. The largest absolute Gasteiger partial charge is 0.492 e. The van der Waals surface area contributed by atoms with Crippen molar-refractivity contribution in [3.63, 3.8) is 0 Å². The highest BCUT2D eigenvalue weighted by atomic mass is 16.5. The standard InChI is InChI=1S/C14H13NO3/c1-2-18-13-7-12(8-15-9-13)10-4-3-5-11(6-10)14(16)17/h3-9H,2H2,1H3,(H,16,17). The van der Waals surface area contributed by atoms with Crippen molar-refractivity contribution in [1.82, 2.24) is 4.98 Å². The maximum absolute atomic E-state index is 10.9. The zero-order chi connectivity index (χ0) is 13.0. The molecule has 0 aliphatic carbocycles. The van der Waals surface area contributed by atoms with Crippen molar-refractivity contribution in [2.75, 3.05) is 6.61 Å². The van der Waals surface area contributed by atoms with Gasteiger partial charge in [0.1, 0.15) is 5.75 Å². The molecule has 0 aliphatic heterocycles. The lowest BCUT2D eigenvalue weighted by Crippen LogP contribution is -1.96. The smallest absolute Gasteiger partial charge is 0.335 e. The number of pyridine rings is 1. The van der Waals surface area contributed by atoms with E-state index in [4.69, 9.17) is 9.84 Å². The molecule has 18 heavy (non-hydrogen) atoms. The molecule has 0 fully saturated rings. The number of aromatic carboxylic acids is 1. The van der Waals surface area contributed by atoms with Gasteiger partial charge in [-0.2, -0.15) is 0 Å².